The van der Waals surface area contributed by atoms with Gasteiger partial charge in [0.25, 0.3) is 0 Å². The average molecular weight is 317 g/mol. The summed E-state index contributed by atoms with van der Waals surface area (Å²) in [5.74, 6) is 0. The van der Waals surface area contributed by atoms with Crippen molar-refractivity contribution in [2.75, 3.05) is 0 Å². The molecule has 2 aromatic heterocycles. The van der Waals surface area contributed by atoms with E-state index in [1.165, 1.54) is 11.5 Å². The van der Waals surface area contributed by atoms with E-state index >= 15 is 0 Å². The highest BCUT2D eigenvalue weighted by Gasteiger charge is 2.23. The highest BCUT2D eigenvalue weighted by atomic mass is 79.9. The van der Waals surface area contributed by atoms with Gasteiger partial charge in [-0.05, 0) is 33.9 Å². The van der Waals surface area contributed by atoms with Crippen LogP contribution in [0, 0.1) is 0 Å². The molecule has 0 bridgehead atoms. The van der Waals surface area contributed by atoms with Crippen molar-refractivity contribution in [1.29, 1.82) is 0 Å². The van der Waals surface area contributed by atoms with Crippen LogP contribution in [0.5, 0.6) is 0 Å². The second-order valence-corrected chi connectivity index (χ2v) is 5.38. The van der Waals surface area contributed by atoms with Gasteiger partial charge >= 0.3 is 0 Å². The summed E-state index contributed by atoms with van der Waals surface area (Å²) < 4.78 is 6.37. The van der Waals surface area contributed by atoms with E-state index in [2.05, 4.69) is 37.5 Å². The summed E-state index contributed by atoms with van der Waals surface area (Å²) in [7, 11) is 1.80. The summed E-state index contributed by atoms with van der Waals surface area (Å²) >= 11 is 4.63. The zero-order valence-corrected chi connectivity index (χ0v) is 12.0. The number of rotatable bonds is 4. The molecule has 5 nitrogen and oxygen atoms in total. The molecular weight excluding hydrogens is 304 g/mol. The number of aromatic nitrogens is 4. The Bertz CT molecular complexity index is 491. The topological polar surface area (TPSA) is 63.8 Å². The van der Waals surface area contributed by atoms with E-state index in [9.17, 15) is 5.11 Å². The molecule has 0 fully saturated rings. The lowest BCUT2D eigenvalue weighted by molar-refractivity contribution is 0.211. The van der Waals surface area contributed by atoms with E-state index in [1.54, 1.807) is 17.9 Å². The van der Waals surface area contributed by atoms with Crippen molar-refractivity contribution >= 4 is 27.5 Å². The van der Waals surface area contributed by atoms with Crippen molar-refractivity contribution < 1.29 is 5.11 Å². The van der Waals surface area contributed by atoms with E-state index in [-0.39, 0.29) is 0 Å². The smallest absolute Gasteiger partial charge is 0.134 e. The van der Waals surface area contributed by atoms with Gasteiger partial charge in [-0.1, -0.05) is 17.8 Å². The van der Waals surface area contributed by atoms with Crippen LogP contribution in [-0.2, 0) is 13.5 Å². The highest BCUT2D eigenvalue weighted by molar-refractivity contribution is 9.10. The minimum absolute atomic E-state index is 0.724. The predicted octanol–water partition coefficient (Wildman–Crippen LogP) is 2.07. The van der Waals surface area contributed by atoms with Gasteiger partial charge in [0.15, 0.2) is 0 Å². The Labute approximate surface area is 112 Å². The molecule has 92 valence electrons. The number of hydrogen-bond acceptors (Lipinski definition) is 5. The van der Waals surface area contributed by atoms with Crippen LogP contribution in [0.15, 0.2) is 10.7 Å². The first kappa shape index (κ1) is 12.7. The fourth-order valence-corrected chi connectivity index (χ4v) is 2.94. The van der Waals surface area contributed by atoms with Crippen LogP contribution >= 0.6 is 27.5 Å². The number of nitrogens with zero attached hydrogens (tertiary/aromatic N) is 4. The zero-order valence-electron chi connectivity index (χ0n) is 9.59. The van der Waals surface area contributed by atoms with Gasteiger partial charge in [-0.2, -0.15) is 5.10 Å². The molecule has 2 aromatic rings. The molecule has 0 saturated heterocycles. The molecule has 0 radical (unpaired) electrons. The summed E-state index contributed by atoms with van der Waals surface area (Å²) in [4.78, 5) is 0.802. The first-order valence-corrected chi connectivity index (χ1v) is 6.88. The molecule has 0 aliphatic carbocycles. The summed E-state index contributed by atoms with van der Waals surface area (Å²) in [5, 5.41) is 18.5. The maximum absolute atomic E-state index is 10.4. The Morgan fingerprint density at radius 3 is 2.94 bits per heavy atom. The molecule has 2 heterocycles. The summed E-state index contributed by atoms with van der Waals surface area (Å²) in [5.41, 5.74) is 1.60. The largest absolute Gasteiger partial charge is 0.381 e. The van der Waals surface area contributed by atoms with Crippen LogP contribution in [-0.4, -0.2) is 24.5 Å². The van der Waals surface area contributed by atoms with Crippen molar-refractivity contribution in [3.05, 3.63) is 26.9 Å². The standard InChI is InChI=1S/C10H13BrN4OS/c1-3-4-7-10(17-14-13-7)9(16)8-6(11)5-12-15(8)2/h5,9,16H,3-4H2,1-2H3. The Morgan fingerprint density at radius 1 is 1.59 bits per heavy atom. The first-order valence-electron chi connectivity index (χ1n) is 5.31. The fourth-order valence-electron chi connectivity index (χ4n) is 1.69. The molecule has 0 saturated carbocycles. The van der Waals surface area contributed by atoms with E-state index < -0.39 is 6.10 Å². The van der Waals surface area contributed by atoms with Crippen LogP contribution in [0.1, 0.15) is 35.7 Å². The van der Waals surface area contributed by atoms with E-state index in [1.807, 2.05) is 0 Å². The Hall–Kier alpha value is -0.790. The first-order chi connectivity index (χ1) is 8.15. The third kappa shape index (κ3) is 2.41. The van der Waals surface area contributed by atoms with Crippen molar-refractivity contribution in [2.45, 2.75) is 25.9 Å². The van der Waals surface area contributed by atoms with Gasteiger partial charge in [-0.25, -0.2) is 0 Å². The number of aliphatic hydroxyl groups is 1. The molecule has 0 aliphatic rings. The SMILES string of the molecule is CCCc1nnsc1C(O)c1c(Br)cnn1C. The van der Waals surface area contributed by atoms with Crippen LogP contribution in [0.2, 0.25) is 0 Å². The minimum atomic E-state index is -0.724. The summed E-state index contributed by atoms with van der Waals surface area (Å²) in [6.07, 6.45) is 2.76. The third-order valence-corrected chi connectivity index (χ3v) is 3.95. The quantitative estimate of drug-likeness (QED) is 0.937. The van der Waals surface area contributed by atoms with Crippen molar-refractivity contribution in [2.24, 2.45) is 7.05 Å². The molecule has 1 N–H and O–H groups in total. The van der Waals surface area contributed by atoms with Crippen LogP contribution in [0.3, 0.4) is 0 Å². The van der Waals surface area contributed by atoms with Crippen molar-refractivity contribution in [3.63, 3.8) is 0 Å². The molecule has 2 rings (SSSR count). The monoisotopic (exact) mass is 316 g/mol. The second-order valence-electron chi connectivity index (χ2n) is 3.74. The van der Waals surface area contributed by atoms with E-state index in [4.69, 9.17) is 0 Å². The maximum atomic E-state index is 10.4. The number of aryl methyl sites for hydroxylation is 2. The van der Waals surface area contributed by atoms with E-state index in [0.29, 0.717) is 0 Å². The maximum Gasteiger partial charge on any atom is 0.134 e. The molecule has 17 heavy (non-hydrogen) atoms. The minimum Gasteiger partial charge on any atom is -0.381 e. The molecule has 0 aromatic carbocycles. The molecule has 1 unspecified atom stereocenters. The molecular formula is C10H13BrN4OS. The molecule has 7 heteroatoms. The van der Waals surface area contributed by atoms with Gasteiger partial charge in [0.05, 0.1) is 26.9 Å². The van der Waals surface area contributed by atoms with Gasteiger partial charge in [-0.15, -0.1) is 5.10 Å². The summed E-state index contributed by atoms with van der Waals surface area (Å²) in [6, 6.07) is 0. The molecule has 0 aliphatic heterocycles. The van der Waals surface area contributed by atoms with Crippen LogP contribution < -0.4 is 0 Å². The van der Waals surface area contributed by atoms with Gasteiger partial charge in [0.2, 0.25) is 0 Å². The van der Waals surface area contributed by atoms with Crippen LogP contribution in [0.4, 0.5) is 0 Å². The number of halogens is 1. The fraction of sp³-hybridized carbons (Fsp3) is 0.500. The van der Waals surface area contributed by atoms with E-state index in [0.717, 1.165) is 33.6 Å². The number of aliphatic hydroxyl groups excluding tert-OH is 1. The highest BCUT2D eigenvalue weighted by Crippen LogP contribution is 2.31. The van der Waals surface area contributed by atoms with Crippen molar-refractivity contribution in [1.82, 2.24) is 19.4 Å². The Kier molecular flexibility index (Phi) is 3.90. The lowest BCUT2D eigenvalue weighted by Gasteiger charge is -2.10. The Morgan fingerprint density at radius 2 is 2.35 bits per heavy atom. The lowest BCUT2D eigenvalue weighted by atomic mass is 10.1. The molecule has 1 atom stereocenters. The van der Waals surface area contributed by atoms with Crippen molar-refractivity contribution in [3.8, 4) is 0 Å². The molecule has 0 amide bonds. The second kappa shape index (κ2) is 5.24. The number of hydrogen-bond donors (Lipinski definition) is 1. The average Bonchev–Trinajstić information content (AvgIpc) is 2.86. The van der Waals surface area contributed by atoms with Gasteiger partial charge in [0.1, 0.15) is 6.10 Å². The lowest BCUT2D eigenvalue weighted by Crippen LogP contribution is -2.08. The molecule has 0 spiro atoms. The Balaban J connectivity index is 2.37. The predicted molar refractivity (Wildman–Crippen MR) is 68.9 cm³/mol. The third-order valence-electron chi connectivity index (χ3n) is 2.52. The van der Waals surface area contributed by atoms with Gasteiger partial charge in [-0.3, -0.25) is 4.68 Å². The van der Waals surface area contributed by atoms with Gasteiger partial charge in [0, 0.05) is 7.05 Å². The van der Waals surface area contributed by atoms with Crippen LogP contribution in [0.25, 0.3) is 0 Å². The zero-order chi connectivity index (χ0) is 12.4. The normalized spacial score (nSPS) is 12.9. The summed E-state index contributed by atoms with van der Waals surface area (Å²) in [6.45, 7) is 2.08. The van der Waals surface area contributed by atoms with Gasteiger partial charge < -0.3 is 5.11 Å².